The lowest BCUT2D eigenvalue weighted by atomic mass is 9.85. The van der Waals surface area contributed by atoms with Gasteiger partial charge in [0, 0.05) is 5.92 Å². The van der Waals surface area contributed by atoms with Gasteiger partial charge in [0.25, 0.3) is 0 Å². The third-order valence-corrected chi connectivity index (χ3v) is 6.18. The van der Waals surface area contributed by atoms with Crippen LogP contribution >= 0.6 is 0 Å². The van der Waals surface area contributed by atoms with Crippen LogP contribution in [-0.2, 0) is 22.6 Å². The summed E-state index contributed by atoms with van der Waals surface area (Å²) in [7, 11) is 4.81. The number of carboxylic acid groups (broad SMARTS) is 1. The average molecular weight is 479 g/mol. The van der Waals surface area contributed by atoms with E-state index in [0.717, 1.165) is 28.0 Å². The fourth-order valence-corrected chi connectivity index (χ4v) is 4.19. The van der Waals surface area contributed by atoms with Gasteiger partial charge in [-0.05, 0) is 60.2 Å². The Kier molecular flexibility index (Phi) is 9.56. The molecule has 0 saturated carbocycles. The van der Waals surface area contributed by atoms with E-state index in [0.29, 0.717) is 37.6 Å². The van der Waals surface area contributed by atoms with Gasteiger partial charge in [-0.25, -0.2) is 0 Å². The van der Waals surface area contributed by atoms with E-state index in [-0.39, 0.29) is 5.92 Å². The Morgan fingerprint density at radius 2 is 1.54 bits per heavy atom. The van der Waals surface area contributed by atoms with Gasteiger partial charge in [0.1, 0.15) is 5.75 Å². The van der Waals surface area contributed by atoms with E-state index in [1.54, 1.807) is 21.3 Å². The highest BCUT2D eigenvalue weighted by molar-refractivity contribution is 5.70. The second kappa shape index (κ2) is 12.8. The normalized spacial score (nSPS) is 12.6. The number of benzene rings is 3. The van der Waals surface area contributed by atoms with Crippen molar-refractivity contribution in [3.05, 3.63) is 89.0 Å². The summed E-state index contributed by atoms with van der Waals surface area (Å²) in [6, 6.07) is 21.5. The molecule has 0 aliphatic carbocycles. The van der Waals surface area contributed by atoms with Crippen LogP contribution in [0.2, 0.25) is 0 Å². The molecule has 0 aliphatic heterocycles. The van der Waals surface area contributed by atoms with Crippen LogP contribution in [0.4, 0.5) is 0 Å². The number of hydrogen-bond acceptors (Lipinski definition) is 5. The van der Waals surface area contributed by atoms with E-state index < -0.39 is 11.9 Å². The molecule has 0 heterocycles. The molecule has 35 heavy (non-hydrogen) atoms. The summed E-state index contributed by atoms with van der Waals surface area (Å²) in [4.78, 5) is 12.3. The lowest BCUT2D eigenvalue weighted by molar-refractivity contribution is -0.142. The van der Waals surface area contributed by atoms with Crippen molar-refractivity contribution in [3.63, 3.8) is 0 Å². The number of aryl methyl sites for hydroxylation is 1. The Labute approximate surface area is 207 Å². The zero-order valence-electron chi connectivity index (χ0n) is 20.8. The van der Waals surface area contributed by atoms with Gasteiger partial charge in [-0.3, -0.25) is 4.79 Å². The number of rotatable bonds is 13. The van der Waals surface area contributed by atoms with Crippen LogP contribution in [0.1, 0.15) is 34.6 Å². The van der Waals surface area contributed by atoms with E-state index >= 15 is 0 Å². The number of ether oxygens (including phenoxy) is 4. The van der Waals surface area contributed by atoms with Gasteiger partial charge in [0.15, 0.2) is 11.5 Å². The summed E-state index contributed by atoms with van der Waals surface area (Å²) < 4.78 is 22.4. The highest BCUT2D eigenvalue weighted by Gasteiger charge is 2.25. The minimum absolute atomic E-state index is 0.146. The predicted octanol–water partition coefficient (Wildman–Crippen LogP) is 5.65. The average Bonchev–Trinajstić information content (AvgIpc) is 2.88. The van der Waals surface area contributed by atoms with Crippen LogP contribution in [0.5, 0.6) is 17.2 Å². The molecule has 3 aromatic carbocycles. The summed E-state index contributed by atoms with van der Waals surface area (Å²) in [5.41, 5.74) is 3.96. The van der Waals surface area contributed by atoms with Crippen molar-refractivity contribution in [2.24, 2.45) is 5.92 Å². The smallest absolute Gasteiger partial charge is 0.306 e. The Bertz CT molecular complexity index is 1100. The van der Waals surface area contributed by atoms with Crippen molar-refractivity contribution >= 4 is 5.97 Å². The minimum atomic E-state index is -0.835. The molecule has 186 valence electrons. The van der Waals surface area contributed by atoms with Crippen LogP contribution in [0, 0.1) is 12.8 Å². The summed E-state index contributed by atoms with van der Waals surface area (Å²) in [5, 5.41) is 10.1. The third kappa shape index (κ3) is 7.23. The second-order valence-electron chi connectivity index (χ2n) is 8.59. The molecule has 0 bridgehead atoms. The minimum Gasteiger partial charge on any atom is -0.496 e. The first kappa shape index (κ1) is 26.1. The molecule has 0 unspecified atom stereocenters. The molecule has 1 N–H and O–H groups in total. The summed E-state index contributed by atoms with van der Waals surface area (Å²) >= 11 is 0. The zero-order valence-corrected chi connectivity index (χ0v) is 20.8. The largest absolute Gasteiger partial charge is 0.496 e. The molecule has 0 amide bonds. The van der Waals surface area contributed by atoms with Gasteiger partial charge < -0.3 is 24.1 Å². The maximum atomic E-state index is 12.3. The highest BCUT2D eigenvalue weighted by atomic mass is 16.5. The van der Waals surface area contributed by atoms with Gasteiger partial charge in [-0.2, -0.15) is 0 Å². The monoisotopic (exact) mass is 478 g/mol. The quantitative estimate of drug-likeness (QED) is 0.342. The molecule has 0 aromatic heterocycles. The van der Waals surface area contributed by atoms with Crippen molar-refractivity contribution in [3.8, 4) is 17.2 Å². The first-order valence-electron chi connectivity index (χ1n) is 11.6. The lowest BCUT2D eigenvalue weighted by Gasteiger charge is -2.23. The number of carbonyl (C=O) groups is 1. The molecule has 2 atom stereocenters. The maximum Gasteiger partial charge on any atom is 0.306 e. The molecule has 0 fully saturated rings. The Morgan fingerprint density at radius 1 is 0.829 bits per heavy atom. The van der Waals surface area contributed by atoms with E-state index in [9.17, 15) is 9.90 Å². The van der Waals surface area contributed by atoms with Crippen LogP contribution in [0.3, 0.4) is 0 Å². The molecule has 6 nitrogen and oxygen atoms in total. The molecule has 3 aromatic rings. The molecule has 0 radical (unpaired) electrons. The van der Waals surface area contributed by atoms with E-state index in [2.05, 4.69) is 0 Å². The number of hydrogen-bond donors (Lipinski definition) is 1. The third-order valence-electron chi connectivity index (χ3n) is 6.18. The fourth-order valence-electron chi connectivity index (χ4n) is 4.19. The Hall–Kier alpha value is -3.51. The number of carboxylic acids is 1. The SMILES string of the molecule is COc1cc(C[C@@H](C[C@H](COCc2ccccc2)c2ccc(OC)c(OC)c2)C(=O)O)ccc1C. The van der Waals surface area contributed by atoms with Crippen molar-refractivity contribution < 1.29 is 28.8 Å². The standard InChI is InChI=1S/C29H34O6/c1-20-10-11-22(15-27(20)33-3)14-24(29(30)31)16-25(19-35-18-21-8-6-5-7-9-21)23-12-13-26(32-2)28(17-23)34-4/h5-13,15,17,24-25H,14,16,18-19H2,1-4H3,(H,30,31)/t24-,25+/m0/s1. The summed E-state index contributed by atoms with van der Waals surface area (Å²) in [5.74, 6) is 0.412. The van der Waals surface area contributed by atoms with Crippen LogP contribution < -0.4 is 14.2 Å². The van der Waals surface area contributed by atoms with Crippen LogP contribution in [0.25, 0.3) is 0 Å². The summed E-state index contributed by atoms with van der Waals surface area (Å²) in [6.45, 7) is 2.80. The van der Waals surface area contributed by atoms with E-state index in [4.69, 9.17) is 18.9 Å². The van der Waals surface area contributed by atoms with Crippen molar-refractivity contribution in [2.75, 3.05) is 27.9 Å². The number of methoxy groups -OCH3 is 3. The fraction of sp³-hybridized carbons (Fsp3) is 0.345. The number of aliphatic carboxylic acids is 1. The summed E-state index contributed by atoms with van der Waals surface area (Å²) in [6.07, 6.45) is 0.810. The van der Waals surface area contributed by atoms with Crippen molar-refractivity contribution in [1.82, 2.24) is 0 Å². The molecule has 6 heteroatoms. The predicted molar refractivity (Wildman–Crippen MR) is 136 cm³/mol. The van der Waals surface area contributed by atoms with Crippen LogP contribution in [-0.4, -0.2) is 39.0 Å². The molecular formula is C29H34O6. The van der Waals surface area contributed by atoms with E-state index in [1.807, 2.05) is 73.7 Å². The van der Waals surface area contributed by atoms with Crippen molar-refractivity contribution in [2.45, 2.75) is 32.3 Å². The molecule has 0 aliphatic rings. The van der Waals surface area contributed by atoms with Gasteiger partial charge in [-0.15, -0.1) is 0 Å². The molecule has 0 spiro atoms. The van der Waals surface area contributed by atoms with Gasteiger partial charge >= 0.3 is 5.97 Å². The second-order valence-corrected chi connectivity index (χ2v) is 8.59. The molecule has 0 saturated heterocycles. The first-order valence-corrected chi connectivity index (χ1v) is 11.6. The van der Waals surface area contributed by atoms with Crippen molar-refractivity contribution in [1.29, 1.82) is 0 Å². The van der Waals surface area contributed by atoms with Gasteiger partial charge in [-0.1, -0.05) is 48.5 Å². The van der Waals surface area contributed by atoms with Crippen LogP contribution in [0.15, 0.2) is 66.7 Å². The Balaban J connectivity index is 1.83. The topological polar surface area (TPSA) is 74.2 Å². The zero-order chi connectivity index (χ0) is 25.2. The van der Waals surface area contributed by atoms with Gasteiger partial charge in [0.2, 0.25) is 0 Å². The van der Waals surface area contributed by atoms with Gasteiger partial charge in [0.05, 0.1) is 40.5 Å². The molecular weight excluding hydrogens is 444 g/mol. The highest BCUT2D eigenvalue weighted by Crippen LogP contribution is 2.34. The lowest BCUT2D eigenvalue weighted by Crippen LogP contribution is -2.22. The molecule has 3 rings (SSSR count). The first-order chi connectivity index (χ1) is 16.9. The maximum absolute atomic E-state index is 12.3. The van der Waals surface area contributed by atoms with E-state index in [1.165, 1.54) is 0 Å². The Morgan fingerprint density at radius 3 is 2.20 bits per heavy atom.